The summed E-state index contributed by atoms with van der Waals surface area (Å²) in [5.41, 5.74) is 4.18. The molecule has 7 heteroatoms. The van der Waals surface area contributed by atoms with E-state index in [1.165, 1.54) is 27.4 Å². The molecule has 2 aliphatic rings. The number of hydrogen-bond acceptors (Lipinski definition) is 5. The Balaban J connectivity index is 1.47. The lowest BCUT2D eigenvalue weighted by molar-refractivity contribution is -0.146. The van der Waals surface area contributed by atoms with Gasteiger partial charge in [0.05, 0.1) is 17.5 Å². The van der Waals surface area contributed by atoms with Gasteiger partial charge in [0.1, 0.15) is 6.04 Å². The molecule has 2 heterocycles. The Morgan fingerprint density at radius 2 is 1.79 bits per heavy atom. The topological polar surface area (TPSA) is 79.4 Å². The molecular formula is C22H25N3O3S. The van der Waals surface area contributed by atoms with Gasteiger partial charge in [-0.2, -0.15) is 0 Å². The highest BCUT2D eigenvalue weighted by atomic mass is 32.1. The van der Waals surface area contributed by atoms with Gasteiger partial charge in [-0.15, -0.1) is 11.3 Å². The van der Waals surface area contributed by atoms with E-state index in [4.69, 9.17) is 0 Å². The summed E-state index contributed by atoms with van der Waals surface area (Å²) in [6, 6.07) is 5.29. The van der Waals surface area contributed by atoms with E-state index in [9.17, 15) is 14.4 Å². The number of rotatable bonds is 4. The molecule has 3 amide bonds. The van der Waals surface area contributed by atoms with E-state index in [0.717, 1.165) is 36.9 Å². The number of benzene rings is 1. The molecule has 2 aromatic rings. The monoisotopic (exact) mass is 411 g/mol. The molecule has 29 heavy (non-hydrogen) atoms. The van der Waals surface area contributed by atoms with E-state index >= 15 is 0 Å². The molecule has 1 saturated heterocycles. The molecule has 1 N–H and O–H groups in total. The van der Waals surface area contributed by atoms with Crippen LogP contribution in [-0.4, -0.2) is 33.6 Å². The fourth-order valence-electron chi connectivity index (χ4n) is 4.26. The van der Waals surface area contributed by atoms with Crippen molar-refractivity contribution < 1.29 is 14.4 Å². The Labute approximate surface area is 174 Å². The summed E-state index contributed by atoms with van der Waals surface area (Å²) >= 11 is 1.33. The summed E-state index contributed by atoms with van der Waals surface area (Å²) in [6.45, 7) is 5.72. The average molecular weight is 412 g/mol. The number of amides is 3. The molecule has 1 aromatic carbocycles. The summed E-state index contributed by atoms with van der Waals surface area (Å²) in [6.07, 6.45) is 3.42. The van der Waals surface area contributed by atoms with Gasteiger partial charge >= 0.3 is 0 Å². The number of nitrogens with zero attached hydrogens (tertiary/aromatic N) is 2. The number of nitrogens with one attached hydrogen (secondary N) is 1. The Kier molecular flexibility index (Phi) is 5.25. The van der Waals surface area contributed by atoms with Crippen LogP contribution in [0.3, 0.4) is 0 Å². The lowest BCUT2D eigenvalue weighted by Crippen LogP contribution is -2.46. The SMILES string of the molecule is Cc1ccc(-c2csc(NC(=O)C(C)N3C(=O)C4CCCCC4C3=O)n2)cc1C. The van der Waals surface area contributed by atoms with Crippen LogP contribution in [0.2, 0.25) is 0 Å². The molecule has 1 aliphatic carbocycles. The summed E-state index contributed by atoms with van der Waals surface area (Å²) in [5, 5.41) is 5.14. The minimum absolute atomic E-state index is 0.197. The third-order valence-corrected chi connectivity index (χ3v) is 6.94. The third kappa shape index (κ3) is 3.59. The number of carbonyl (C=O) groups is 3. The zero-order valence-corrected chi connectivity index (χ0v) is 17.7. The van der Waals surface area contributed by atoms with E-state index in [-0.39, 0.29) is 29.6 Å². The second kappa shape index (κ2) is 7.71. The van der Waals surface area contributed by atoms with E-state index in [1.807, 2.05) is 17.5 Å². The molecule has 1 aliphatic heterocycles. The van der Waals surface area contributed by atoms with Crippen LogP contribution < -0.4 is 5.32 Å². The summed E-state index contributed by atoms with van der Waals surface area (Å²) in [4.78, 5) is 43.9. The fourth-order valence-corrected chi connectivity index (χ4v) is 4.98. The molecule has 0 bridgehead atoms. The van der Waals surface area contributed by atoms with Gasteiger partial charge in [-0.3, -0.25) is 19.3 Å². The number of fused-ring (bicyclic) bond motifs is 1. The molecule has 2 fully saturated rings. The van der Waals surface area contributed by atoms with Crippen molar-refractivity contribution in [3.05, 3.63) is 34.7 Å². The molecule has 0 radical (unpaired) electrons. The lowest BCUT2D eigenvalue weighted by atomic mass is 9.81. The largest absolute Gasteiger partial charge is 0.300 e. The van der Waals surface area contributed by atoms with Crippen molar-refractivity contribution in [2.45, 2.75) is 52.5 Å². The van der Waals surface area contributed by atoms with Crippen molar-refractivity contribution in [3.63, 3.8) is 0 Å². The molecular weight excluding hydrogens is 386 g/mol. The van der Waals surface area contributed by atoms with Crippen LogP contribution >= 0.6 is 11.3 Å². The first kappa shape index (κ1) is 19.8. The maximum absolute atomic E-state index is 12.8. The molecule has 4 rings (SSSR count). The van der Waals surface area contributed by atoms with Crippen LogP contribution in [0.1, 0.15) is 43.7 Å². The van der Waals surface area contributed by atoms with Crippen molar-refractivity contribution in [2.24, 2.45) is 11.8 Å². The van der Waals surface area contributed by atoms with Gasteiger partial charge in [0.2, 0.25) is 17.7 Å². The van der Waals surface area contributed by atoms with Crippen molar-refractivity contribution in [2.75, 3.05) is 5.32 Å². The lowest BCUT2D eigenvalue weighted by Gasteiger charge is -2.21. The molecule has 0 spiro atoms. The maximum atomic E-state index is 12.8. The zero-order valence-electron chi connectivity index (χ0n) is 16.9. The number of carbonyl (C=O) groups excluding carboxylic acids is 3. The fraction of sp³-hybridized carbons (Fsp3) is 0.455. The Bertz CT molecular complexity index is 959. The second-order valence-corrected chi connectivity index (χ2v) is 8.90. The first-order valence-corrected chi connectivity index (χ1v) is 11.0. The second-order valence-electron chi connectivity index (χ2n) is 8.05. The molecule has 152 valence electrons. The number of anilines is 1. The Morgan fingerprint density at radius 3 is 2.41 bits per heavy atom. The quantitative estimate of drug-likeness (QED) is 0.773. The number of likely N-dealkylation sites (tertiary alicyclic amines) is 1. The Hall–Kier alpha value is -2.54. The van der Waals surface area contributed by atoms with E-state index in [2.05, 4.69) is 30.2 Å². The number of imide groups is 1. The Morgan fingerprint density at radius 1 is 1.14 bits per heavy atom. The predicted octanol–water partition coefficient (Wildman–Crippen LogP) is 3.93. The average Bonchev–Trinajstić information content (AvgIpc) is 3.27. The van der Waals surface area contributed by atoms with Crippen molar-refractivity contribution in [1.82, 2.24) is 9.88 Å². The van der Waals surface area contributed by atoms with Crippen molar-refractivity contribution in [3.8, 4) is 11.3 Å². The molecule has 3 atom stereocenters. The van der Waals surface area contributed by atoms with Crippen LogP contribution in [-0.2, 0) is 14.4 Å². The van der Waals surface area contributed by atoms with Gasteiger partial charge in [-0.05, 0) is 50.8 Å². The molecule has 3 unspecified atom stereocenters. The van der Waals surface area contributed by atoms with Crippen LogP contribution in [0, 0.1) is 25.7 Å². The number of hydrogen-bond donors (Lipinski definition) is 1. The third-order valence-electron chi connectivity index (χ3n) is 6.18. The highest BCUT2D eigenvalue weighted by molar-refractivity contribution is 7.14. The van der Waals surface area contributed by atoms with Gasteiger partial charge in [-0.1, -0.05) is 25.0 Å². The van der Waals surface area contributed by atoms with Crippen LogP contribution in [0.25, 0.3) is 11.3 Å². The molecule has 1 saturated carbocycles. The van der Waals surface area contributed by atoms with Crippen LogP contribution in [0.5, 0.6) is 0 Å². The van der Waals surface area contributed by atoms with E-state index in [1.54, 1.807) is 6.92 Å². The normalized spacial score (nSPS) is 22.5. The minimum Gasteiger partial charge on any atom is -0.300 e. The maximum Gasteiger partial charge on any atom is 0.249 e. The predicted molar refractivity (Wildman–Crippen MR) is 112 cm³/mol. The van der Waals surface area contributed by atoms with Gasteiger partial charge in [0.15, 0.2) is 5.13 Å². The first-order valence-electron chi connectivity index (χ1n) is 10.1. The highest BCUT2D eigenvalue weighted by Crippen LogP contribution is 2.39. The minimum atomic E-state index is -0.838. The number of thiazole rings is 1. The molecule has 6 nitrogen and oxygen atoms in total. The smallest absolute Gasteiger partial charge is 0.249 e. The van der Waals surface area contributed by atoms with Crippen molar-refractivity contribution >= 4 is 34.2 Å². The first-order chi connectivity index (χ1) is 13.9. The summed E-state index contributed by atoms with van der Waals surface area (Å²) < 4.78 is 0. The number of aryl methyl sites for hydroxylation is 2. The highest BCUT2D eigenvalue weighted by Gasteiger charge is 2.50. The van der Waals surface area contributed by atoms with Gasteiger partial charge in [-0.25, -0.2) is 4.98 Å². The van der Waals surface area contributed by atoms with E-state index in [0.29, 0.717) is 5.13 Å². The standard InChI is InChI=1S/C22H25N3O3S/c1-12-8-9-15(10-13(12)2)18-11-29-22(23-18)24-19(26)14(3)25-20(27)16-6-4-5-7-17(16)21(25)28/h8-11,14,16-17H,4-7H2,1-3H3,(H,23,24,26). The van der Waals surface area contributed by atoms with Crippen LogP contribution in [0.15, 0.2) is 23.6 Å². The van der Waals surface area contributed by atoms with E-state index < -0.39 is 6.04 Å². The number of aromatic nitrogens is 1. The van der Waals surface area contributed by atoms with Gasteiger partial charge < -0.3 is 5.32 Å². The molecule has 1 aromatic heterocycles. The zero-order chi connectivity index (χ0) is 20.7. The van der Waals surface area contributed by atoms with Crippen molar-refractivity contribution in [1.29, 1.82) is 0 Å². The summed E-state index contributed by atoms with van der Waals surface area (Å²) in [7, 11) is 0. The van der Waals surface area contributed by atoms with Crippen LogP contribution in [0.4, 0.5) is 5.13 Å². The van der Waals surface area contributed by atoms with Gasteiger partial charge in [0, 0.05) is 10.9 Å². The summed E-state index contributed by atoms with van der Waals surface area (Å²) in [5.74, 6) is -1.27. The van der Waals surface area contributed by atoms with Gasteiger partial charge in [0.25, 0.3) is 0 Å².